The van der Waals surface area contributed by atoms with Gasteiger partial charge in [0.05, 0.1) is 11.5 Å². The first kappa shape index (κ1) is 13.8. The van der Waals surface area contributed by atoms with Crippen LogP contribution in [0.2, 0.25) is 0 Å². The molecule has 1 aliphatic rings. The Hall–Kier alpha value is -1.58. The van der Waals surface area contributed by atoms with Crippen LogP contribution >= 0.6 is 0 Å². The topological polar surface area (TPSA) is 98.0 Å². The first-order valence-electron chi connectivity index (χ1n) is 5.34. The van der Waals surface area contributed by atoms with Gasteiger partial charge in [-0.15, -0.1) is 0 Å². The minimum atomic E-state index is -4.70. The van der Waals surface area contributed by atoms with Crippen LogP contribution in [0.25, 0.3) is 0 Å². The van der Waals surface area contributed by atoms with Crippen LogP contribution in [0.3, 0.4) is 0 Å². The number of rotatable bonds is 2. The van der Waals surface area contributed by atoms with Gasteiger partial charge < -0.3 is 11.1 Å². The molecule has 0 saturated carbocycles. The Morgan fingerprint density at radius 1 is 1.37 bits per heavy atom. The van der Waals surface area contributed by atoms with Gasteiger partial charge in [0.15, 0.2) is 9.84 Å². The molecule has 1 saturated heterocycles. The van der Waals surface area contributed by atoms with Gasteiger partial charge in [-0.2, -0.15) is 13.2 Å². The maximum atomic E-state index is 12.5. The van der Waals surface area contributed by atoms with Crippen LogP contribution in [-0.2, 0) is 16.0 Å². The Kier molecular flexibility index (Phi) is 3.29. The summed E-state index contributed by atoms with van der Waals surface area (Å²) >= 11 is 0. The number of hydrogen-bond donors (Lipinski definition) is 2. The van der Waals surface area contributed by atoms with E-state index in [1.54, 1.807) is 0 Å². The highest BCUT2D eigenvalue weighted by molar-refractivity contribution is 7.91. The second kappa shape index (κ2) is 4.51. The van der Waals surface area contributed by atoms with Crippen molar-refractivity contribution in [3.63, 3.8) is 0 Å². The SMILES string of the molecule is Nc1cc(NC2CCS(=O)(=O)C2)nc(C(F)(F)F)n1. The number of sulfone groups is 1. The molecule has 1 atom stereocenters. The van der Waals surface area contributed by atoms with E-state index in [1.807, 2.05) is 0 Å². The smallest absolute Gasteiger partial charge is 0.384 e. The molecule has 10 heteroatoms. The van der Waals surface area contributed by atoms with Crippen molar-refractivity contribution in [1.29, 1.82) is 0 Å². The maximum absolute atomic E-state index is 12.5. The van der Waals surface area contributed by atoms with Crippen LogP contribution in [0, 0.1) is 0 Å². The number of anilines is 2. The Labute approximate surface area is 107 Å². The molecule has 3 N–H and O–H groups in total. The number of halogens is 3. The Balaban J connectivity index is 2.20. The molecule has 106 valence electrons. The van der Waals surface area contributed by atoms with Crippen molar-refractivity contribution in [2.24, 2.45) is 0 Å². The maximum Gasteiger partial charge on any atom is 0.451 e. The third kappa shape index (κ3) is 3.46. The van der Waals surface area contributed by atoms with Crippen molar-refractivity contribution in [2.45, 2.75) is 18.6 Å². The number of nitrogens with two attached hydrogens (primary N) is 1. The lowest BCUT2D eigenvalue weighted by atomic mass is 10.2. The molecule has 2 heterocycles. The molecule has 1 aromatic heterocycles. The quantitative estimate of drug-likeness (QED) is 0.832. The predicted octanol–water partition coefficient (Wildman–Crippen LogP) is 0.677. The summed E-state index contributed by atoms with van der Waals surface area (Å²) < 4.78 is 59.9. The molecular formula is C9H11F3N4O2S. The van der Waals surface area contributed by atoms with Crippen molar-refractivity contribution < 1.29 is 21.6 Å². The molecule has 19 heavy (non-hydrogen) atoms. The van der Waals surface area contributed by atoms with E-state index >= 15 is 0 Å². The van der Waals surface area contributed by atoms with E-state index in [2.05, 4.69) is 15.3 Å². The lowest BCUT2D eigenvalue weighted by Gasteiger charge is -2.13. The summed E-state index contributed by atoms with van der Waals surface area (Å²) in [5.74, 6) is -1.92. The zero-order valence-electron chi connectivity index (χ0n) is 9.61. The van der Waals surface area contributed by atoms with Crippen LogP contribution in [-0.4, -0.2) is 35.9 Å². The van der Waals surface area contributed by atoms with E-state index in [0.717, 1.165) is 6.07 Å². The standard InChI is InChI=1S/C9H11F3N4O2S/c10-9(11,12)8-15-6(13)3-7(16-8)14-5-1-2-19(17,18)4-5/h3,5H,1-2,4H2,(H3,13,14,15,16). The van der Waals surface area contributed by atoms with Gasteiger partial charge in [-0.25, -0.2) is 18.4 Å². The van der Waals surface area contributed by atoms with Crippen molar-refractivity contribution in [3.05, 3.63) is 11.9 Å². The van der Waals surface area contributed by atoms with E-state index in [4.69, 9.17) is 5.73 Å². The molecule has 0 aromatic carbocycles. The molecule has 1 aromatic rings. The summed E-state index contributed by atoms with van der Waals surface area (Å²) in [4.78, 5) is 6.39. The van der Waals surface area contributed by atoms with Crippen molar-refractivity contribution in [2.75, 3.05) is 22.6 Å². The van der Waals surface area contributed by atoms with Gasteiger partial charge in [0.1, 0.15) is 11.6 Å². The van der Waals surface area contributed by atoms with Gasteiger partial charge >= 0.3 is 6.18 Å². The van der Waals surface area contributed by atoms with Gasteiger partial charge in [0.25, 0.3) is 0 Å². The first-order chi connectivity index (χ1) is 8.66. The second-order valence-corrected chi connectivity index (χ2v) is 6.47. The molecule has 0 bridgehead atoms. The Morgan fingerprint density at radius 2 is 2.05 bits per heavy atom. The molecule has 2 rings (SSSR count). The van der Waals surface area contributed by atoms with Crippen LogP contribution in [0.15, 0.2) is 6.07 Å². The van der Waals surface area contributed by atoms with Gasteiger partial charge in [-0.05, 0) is 6.42 Å². The van der Waals surface area contributed by atoms with E-state index in [1.165, 1.54) is 0 Å². The average Bonchev–Trinajstić information content (AvgIpc) is 2.55. The van der Waals surface area contributed by atoms with Gasteiger partial charge in [-0.3, -0.25) is 0 Å². The molecule has 1 unspecified atom stereocenters. The molecule has 6 nitrogen and oxygen atoms in total. The Bertz CT molecular complexity index is 588. The summed E-state index contributed by atoms with van der Waals surface area (Å²) in [6.07, 6.45) is -4.37. The fraction of sp³-hybridized carbons (Fsp3) is 0.556. The van der Waals surface area contributed by atoms with Crippen LogP contribution in [0.5, 0.6) is 0 Å². The molecule has 0 amide bonds. The number of nitrogen functional groups attached to an aromatic ring is 1. The molecule has 0 radical (unpaired) electrons. The molecule has 0 spiro atoms. The van der Waals surface area contributed by atoms with Crippen LogP contribution in [0.1, 0.15) is 12.2 Å². The largest absolute Gasteiger partial charge is 0.451 e. The summed E-state index contributed by atoms with van der Waals surface area (Å²) in [6.45, 7) is 0. The lowest BCUT2D eigenvalue weighted by Crippen LogP contribution is -2.23. The van der Waals surface area contributed by atoms with Crippen molar-refractivity contribution >= 4 is 21.5 Å². The van der Waals surface area contributed by atoms with E-state index in [-0.39, 0.29) is 23.1 Å². The molecule has 1 fully saturated rings. The number of nitrogens with one attached hydrogen (secondary N) is 1. The highest BCUT2D eigenvalue weighted by Crippen LogP contribution is 2.28. The zero-order chi connectivity index (χ0) is 14.3. The van der Waals surface area contributed by atoms with Crippen LogP contribution < -0.4 is 11.1 Å². The summed E-state index contributed by atoms with van der Waals surface area (Å²) in [6, 6.07) is 0.681. The van der Waals surface area contributed by atoms with Gasteiger partial charge in [0, 0.05) is 12.1 Å². The predicted molar refractivity (Wildman–Crippen MR) is 62.1 cm³/mol. The molecule has 1 aliphatic heterocycles. The van der Waals surface area contributed by atoms with E-state index < -0.39 is 27.9 Å². The molecule has 0 aliphatic carbocycles. The summed E-state index contributed by atoms with van der Waals surface area (Å²) in [5, 5.41) is 2.64. The van der Waals surface area contributed by atoms with Gasteiger partial charge in [-0.1, -0.05) is 0 Å². The normalized spacial score (nSPS) is 22.4. The number of aromatic nitrogens is 2. The van der Waals surface area contributed by atoms with E-state index in [0.29, 0.717) is 6.42 Å². The fourth-order valence-corrected chi connectivity index (χ4v) is 3.46. The summed E-state index contributed by atoms with van der Waals surface area (Å²) in [7, 11) is -3.12. The number of nitrogens with zero attached hydrogens (tertiary/aromatic N) is 2. The highest BCUT2D eigenvalue weighted by Gasteiger charge is 2.36. The minimum Gasteiger partial charge on any atom is -0.384 e. The summed E-state index contributed by atoms with van der Waals surface area (Å²) in [5.41, 5.74) is 5.27. The zero-order valence-corrected chi connectivity index (χ0v) is 10.4. The fourth-order valence-electron chi connectivity index (χ4n) is 1.78. The van der Waals surface area contributed by atoms with Gasteiger partial charge in [0.2, 0.25) is 5.82 Å². The van der Waals surface area contributed by atoms with Crippen molar-refractivity contribution in [1.82, 2.24) is 9.97 Å². The van der Waals surface area contributed by atoms with E-state index in [9.17, 15) is 21.6 Å². The highest BCUT2D eigenvalue weighted by atomic mass is 32.2. The minimum absolute atomic E-state index is 0.0113. The molecular weight excluding hydrogens is 285 g/mol. The number of alkyl halides is 3. The lowest BCUT2D eigenvalue weighted by molar-refractivity contribution is -0.144. The monoisotopic (exact) mass is 296 g/mol. The number of hydrogen-bond acceptors (Lipinski definition) is 6. The first-order valence-corrected chi connectivity index (χ1v) is 7.16. The van der Waals surface area contributed by atoms with Crippen molar-refractivity contribution in [3.8, 4) is 0 Å². The third-order valence-electron chi connectivity index (χ3n) is 2.58. The third-order valence-corrected chi connectivity index (χ3v) is 4.35. The van der Waals surface area contributed by atoms with Crippen LogP contribution in [0.4, 0.5) is 24.8 Å². The second-order valence-electron chi connectivity index (χ2n) is 4.24. The Morgan fingerprint density at radius 3 is 2.58 bits per heavy atom. The average molecular weight is 296 g/mol.